The highest BCUT2D eigenvalue weighted by Gasteiger charge is 2.05. The maximum Gasteiger partial charge on any atom is 0.404 e. The first-order valence-corrected chi connectivity index (χ1v) is 5.51. The lowest BCUT2D eigenvalue weighted by Gasteiger charge is -2.05. The summed E-state index contributed by atoms with van der Waals surface area (Å²) in [7, 11) is 0. The van der Waals surface area contributed by atoms with Crippen LogP contribution in [-0.2, 0) is 6.54 Å². The summed E-state index contributed by atoms with van der Waals surface area (Å²) in [4.78, 5) is 14.6. The minimum atomic E-state index is -1.04. The van der Waals surface area contributed by atoms with E-state index >= 15 is 0 Å². The van der Waals surface area contributed by atoms with E-state index in [2.05, 4.69) is 15.4 Å². The van der Waals surface area contributed by atoms with Gasteiger partial charge < -0.3 is 10.4 Å². The second-order valence-electron chi connectivity index (χ2n) is 4.02. The Morgan fingerprint density at radius 3 is 2.72 bits per heavy atom. The van der Waals surface area contributed by atoms with Crippen LogP contribution in [-0.4, -0.2) is 26.0 Å². The first kappa shape index (κ1) is 12.1. The number of aromatic nitrogens is 3. The van der Waals surface area contributed by atoms with Gasteiger partial charge in [-0.15, -0.1) is 0 Å². The highest BCUT2D eigenvalue weighted by molar-refractivity contribution is 5.64. The maximum absolute atomic E-state index is 10.4. The van der Waals surface area contributed by atoms with Gasteiger partial charge in [0.05, 0.1) is 5.69 Å². The number of amides is 1. The molecule has 0 aliphatic heterocycles. The van der Waals surface area contributed by atoms with Gasteiger partial charge in [0.2, 0.25) is 0 Å². The van der Waals surface area contributed by atoms with Crippen molar-refractivity contribution in [3.8, 4) is 5.82 Å². The van der Waals surface area contributed by atoms with Gasteiger partial charge in [0, 0.05) is 18.4 Å². The van der Waals surface area contributed by atoms with Gasteiger partial charge in [0.15, 0.2) is 5.82 Å². The second-order valence-corrected chi connectivity index (χ2v) is 4.02. The number of carbonyl (C=O) groups is 1. The van der Waals surface area contributed by atoms with Gasteiger partial charge in [-0.2, -0.15) is 5.10 Å². The van der Waals surface area contributed by atoms with Crippen molar-refractivity contribution in [3.05, 3.63) is 41.3 Å². The number of pyridine rings is 1. The van der Waals surface area contributed by atoms with E-state index < -0.39 is 6.09 Å². The van der Waals surface area contributed by atoms with Crippen molar-refractivity contribution >= 4 is 6.09 Å². The fourth-order valence-corrected chi connectivity index (χ4v) is 1.69. The summed E-state index contributed by atoms with van der Waals surface area (Å²) in [5.41, 5.74) is 2.75. The zero-order chi connectivity index (χ0) is 13.1. The van der Waals surface area contributed by atoms with E-state index in [1.54, 1.807) is 10.9 Å². The summed E-state index contributed by atoms with van der Waals surface area (Å²) >= 11 is 0. The minimum absolute atomic E-state index is 0.250. The van der Waals surface area contributed by atoms with E-state index in [1.165, 1.54) is 0 Å². The van der Waals surface area contributed by atoms with Crippen molar-refractivity contribution in [3.63, 3.8) is 0 Å². The molecule has 0 unspecified atom stereocenters. The van der Waals surface area contributed by atoms with Crippen molar-refractivity contribution in [1.82, 2.24) is 20.1 Å². The molecule has 0 aromatic carbocycles. The molecule has 0 saturated heterocycles. The Balaban J connectivity index is 2.17. The normalized spacial score (nSPS) is 10.3. The molecule has 2 rings (SSSR count). The van der Waals surface area contributed by atoms with Crippen LogP contribution in [0.5, 0.6) is 0 Å². The molecule has 2 aromatic rings. The van der Waals surface area contributed by atoms with Crippen LogP contribution >= 0.6 is 0 Å². The van der Waals surface area contributed by atoms with Gasteiger partial charge in [-0.1, -0.05) is 6.07 Å². The predicted molar refractivity (Wildman–Crippen MR) is 65.7 cm³/mol. The molecule has 2 heterocycles. The molecule has 0 aliphatic carbocycles. The molecule has 2 aromatic heterocycles. The van der Waals surface area contributed by atoms with Crippen molar-refractivity contribution in [2.75, 3.05) is 0 Å². The van der Waals surface area contributed by atoms with E-state index in [-0.39, 0.29) is 6.54 Å². The summed E-state index contributed by atoms with van der Waals surface area (Å²) in [5.74, 6) is 0.722. The smallest absolute Gasteiger partial charge is 0.404 e. The average Bonchev–Trinajstić information content (AvgIpc) is 2.66. The predicted octanol–water partition coefficient (Wildman–Crippen LogP) is 1.65. The number of aryl methyl sites for hydroxylation is 2. The van der Waals surface area contributed by atoms with E-state index in [0.29, 0.717) is 0 Å². The molecule has 0 radical (unpaired) electrons. The van der Waals surface area contributed by atoms with Crippen LogP contribution < -0.4 is 5.32 Å². The Kier molecular flexibility index (Phi) is 3.27. The Morgan fingerprint density at radius 2 is 2.22 bits per heavy atom. The Morgan fingerprint density at radius 1 is 1.44 bits per heavy atom. The lowest BCUT2D eigenvalue weighted by Crippen LogP contribution is -2.20. The largest absolute Gasteiger partial charge is 0.465 e. The van der Waals surface area contributed by atoms with Crippen LogP contribution in [0.1, 0.15) is 17.0 Å². The van der Waals surface area contributed by atoms with Gasteiger partial charge in [-0.3, -0.25) is 0 Å². The van der Waals surface area contributed by atoms with Crippen LogP contribution in [0, 0.1) is 13.8 Å². The number of hydrogen-bond acceptors (Lipinski definition) is 3. The first-order valence-electron chi connectivity index (χ1n) is 5.51. The van der Waals surface area contributed by atoms with E-state index in [0.717, 1.165) is 22.8 Å². The topological polar surface area (TPSA) is 80.0 Å². The lowest BCUT2D eigenvalue weighted by atomic mass is 10.3. The molecular formula is C12H14N4O2. The number of nitrogens with one attached hydrogen (secondary N) is 1. The summed E-state index contributed by atoms with van der Waals surface area (Å²) in [6.45, 7) is 4.13. The molecule has 2 N–H and O–H groups in total. The Hall–Kier alpha value is -2.37. The van der Waals surface area contributed by atoms with Gasteiger partial charge in [-0.05, 0) is 31.5 Å². The van der Waals surface area contributed by atoms with Gasteiger partial charge in [-0.25, -0.2) is 14.5 Å². The van der Waals surface area contributed by atoms with Gasteiger partial charge in [0.1, 0.15) is 0 Å². The van der Waals surface area contributed by atoms with Crippen LogP contribution in [0.3, 0.4) is 0 Å². The third-order valence-corrected chi connectivity index (χ3v) is 2.48. The molecule has 0 bridgehead atoms. The first-order chi connectivity index (χ1) is 8.56. The molecular weight excluding hydrogens is 232 g/mol. The fourth-order valence-electron chi connectivity index (χ4n) is 1.69. The number of carboxylic acid groups (broad SMARTS) is 1. The van der Waals surface area contributed by atoms with E-state index in [9.17, 15) is 4.79 Å². The van der Waals surface area contributed by atoms with Gasteiger partial charge >= 0.3 is 6.09 Å². The third-order valence-electron chi connectivity index (χ3n) is 2.48. The van der Waals surface area contributed by atoms with Crippen LogP contribution in [0.25, 0.3) is 5.82 Å². The monoisotopic (exact) mass is 246 g/mol. The molecule has 0 fully saturated rings. The van der Waals surface area contributed by atoms with E-state index in [4.69, 9.17) is 5.11 Å². The summed E-state index contributed by atoms with van der Waals surface area (Å²) in [5, 5.41) is 15.1. The van der Waals surface area contributed by atoms with Crippen molar-refractivity contribution < 1.29 is 9.90 Å². The molecule has 18 heavy (non-hydrogen) atoms. The molecule has 94 valence electrons. The summed E-state index contributed by atoms with van der Waals surface area (Å²) in [6.07, 6.45) is 0.597. The molecule has 0 saturated carbocycles. The zero-order valence-electron chi connectivity index (χ0n) is 10.2. The fraction of sp³-hybridized carbons (Fsp3) is 0.250. The average molecular weight is 246 g/mol. The number of rotatable bonds is 3. The van der Waals surface area contributed by atoms with Gasteiger partial charge in [0.25, 0.3) is 0 Å². The Bertz CT molecular complexity index is 560. The Labute approximate surface area is 104 Å². The highest BCUT2D eigenvalue weighted by Crippen LogP contribution is 2.10. The van der Waals surface area contributed by atoms with Crippen LogP contribution in [0.2, 0.25) is 0 Å². The molecule has 0 atom stereocenters. The standard InChI is InChI=1S/C12H14N4O2/c1-8-5-9(2)16(15-8)11-4-3-10(6-13-11)7-14-12(17)18/h3-6,14H,7H2,1-2H3,(H,17,18). The molecule has 1 amide bonds. The number of hydrogen-bond donors (Lipinski definition) is 2. The van der Waals surface area contributed by atoms with Crippen molar-refractivity contribution in [2.24, 2.45) is 0 Å². The molecule has 6 nitrogen and oxygen atoms in total. The van der Waals surface area contributed by atoms with E-state index in [1.807, 2.05) is 32.0 Å². The lowest BCUT2D eigenvalue weighted by molar-refractivity contribution is 0.194. The molecule has 0 spiro atoms. The maximum atomic E-state index is 10.4. The zero-order valence-corrected chi connectivity index (χ0v) is 10.2. The van der Waals surface area contributed by atoms with Crippen molar-refractivity contribution in [1.29, 1.82) is 0 Å². The van der Waals surface area contributed by atoms with Crippen LogP contribution in [0.15, 0.2) is 24.4 Å². The highest BCUT2D eigenvalue weighted by atomic mass is 16.4. The van der Waals surface area contributed by atoms with Crippen LogP contribution in [0.4, 0.5) is 4.79 Å². The SMILES string of the molecule is Cc1cc(C)n(-c2ccc(CNC(=O)O)cn2)n1. The molecule has 6 heteroatoms. The quantitative estimate of drug-likeness (QED) is 0.863. The number of nitrogens with zero attached hydrogens (tertiary/aromatic N) is 3. The summed E-state index contributed by atoms with van der Waals surface area (Å²) in [6, 6.07) is 5.62. The summed E-state index contributed by atoms with van der Waals surface area (Å²) < 4.78 is 1.75. The minimum Gasteiger partial charge on any atom is -0.465 e. The van der Waals surface area contributed by atoms with Crippen molar-refractivity contribution in [2.45, 2.75) is 20.4 Å². The second kappa shape index (κ2) is 4.87. The third kappa shape index (κ3) is 2.65. The molecule has 0 aliphatic rings.